The number of benzene rings is 1. The van der Waals surface area contributed by atoms with E-state index in [1.54, 1.807) is 25.1 Å². The van der Waals surface area contributed by atoms with E-state index in [0.717, 1.165) is 0 Å². The van der Waals surface area contributed by atoms with Crippen LogP contribution in [-0.4, -0.2) is 12.6 Å². The summed E-state index contributed by atoms with van der Waals surface area (Å²) in [7, 11) is 0. The molecule has 0 saturated carbocycles. The van der Waals surface area contributed by atoms with Gasteiger partial charge in [-0.2, -0.15) is 0 Å². The largest absolute Gasteiger partial charge is 0.463 e. The molecule has 1 aromatic heterocycles. The van der Waals surface area contributed by atoms with Crippen LogP contribution in [0.3, 0.4) is 0 Å². The Morgan fingerprint density at radius 3 is 3.07 bits per heavy atom. The van der Waals surface area contributed by atoms with E-state index in [4.69, 9.17) is 14.9 Å². The lowest BCUT2D eigenvalue weighted by Crippen LogP contribution is -2.04. The second-order valence-corrected chi connectivity index (χ2v) is 3.09. The van der Waals surface area contributed by atoms with Crippen LogP contribution in [0.5, 0.6) is 0 Å². The number of hydrogen-bond acceptors (Lipinski definition) is 4. The minimum Gasteiger partial charge on any atom is -0.463 e. The number of hydrogen-bond donors (Lipinski definition) is 1. The minimum atomic E-state index is -0.408. The molecule has 4 heteroatoms. The predicted molar refractivity (Wildman–Crippen MR) is 56.6 cm³/mol. The fourth-order valence-corrected chi connectivity index (χ4v) is 1.47. The molecule has 0 unspecified atom stereocenters. The second kappa shape index (κ2) is 3.65. The Morgan fingerprint density at radius 1 is 1.53 bits per heavy atom. The molecule has 2 aromatic rings. The maximum Gasteiger partial charge on any atom is 0.342 e. The Morgan fingerprint density at radius 2 is 2.33 bits per heavy atom. The first-order valence-electron chi connectivity index (χ1n) is 4.67. The number of esters is 1. The van der Waals surface area contributed by atoms with E-state index >= 15 is 0 Å². The van der Waals surface area contributed by atoms with Crippen molar-refractivity contribution in [1.29, 1.82) is 0 Å². The van der Waals surface area contributed by atoms with Gasteiger partial charge in [0.1, 0.15) is 17.4 Å². The summed E-state index contributed by atoms with van der Waals surface area (Å²) in [5.74, 6) is -0.408. The lowest BCUT2D eigenvalue weighted by Gasteiger charge is -2.00. The first-order chi connectivity index (χ1) is 7.24. The highest BCUT2D eigenvalue weighted by molar-refractivity contribution is 6.07. The number of rotatable bonds is 2. The molecule has 0 atom stereocenters. The SMILES string of the molecule is CCOC(=O)c1coc2cccc(N)c12. The van der Waals surface area contributed by atoms with Gasteiger partial charge in [0.05, 0.1) is 12.0 Å². The van der Waals surface area contributed by atoms with Crippen LogP contribution in [0.15, 0.2) is 28.9 Å². The Hall–Kier alpha value is -1.97. The number of anilines is 1. The fraction of sp³-hybridized carbons (Fsp3) is 0.182. The molecule has 2 N–H and O–H groups in total. The third-order valence-electron chi connectivity index (χ3n) is 2.13. The van der Waals surface area contributed by atoms with Crippen LogP contribution in [-0.2, 0) is 4.74 Å². The van der Waals surface area contributed by atoms with Gasteiger partial charge in [-0.3, -0.25) is 0 Å². The van der Waals surface area contributed by atoms with E-state index < -0.39 is 5.97 Å². The molecule has 0 fully saturated rings. The second-order valence-electron chi connectivity index (χ2n) is 3.09. The summed E-state index contributed by atoms with van der Waals surface area (Å²) in [6.07, 6.45) is 1.37. The highest BCUT2D eigenvalue weighted by Gasteiger charge is 2.16. The highest BCUT2D eigenvalue weighted by atomic mass is 16.5. The molecule has 78 valence electrons. The average Bonchev–Trinajstić information content (AvgIpc) is 2.63. The molecule has 0 aliphatic carbocycles. The fourth-order valence-electron chi connectivity index (χ4n) is 1.47. The van der Waals surface area contributed by atoms with Gasteiger partial charge < -0.3 is 14.9 Å². The number of nitrogen functional groups attached to an aromatic ring is 1. The van der Waals surface area contributed by atoms with Crippen LogP contribution in [0.25, 0.3) is 11.0 Å². The molecule has 0 aliphatic heterocycles. The van der Waals surface area contributed by atoms with Crippen LogP contribution in [0.4, 0.5) is 5.69 Å². The average molecular weight is 205 g/mol. The topological polar surface area (TPSA) is 65.5 Å². The minimum absolute atomic E-state index is 0.332. The summed E-state index contributed by atoms with van der Waals surface area (Å²) < 4.78 is 10.1. The van der Waals surface area contributed by atoms with Crippen molar-refractivity contribution in [2.75, 3.05) is 12.3 Å². The monoisotopic (exact) mass is 205 g/mol. The van der Waals surface area contributed by atoms with Crippen molar-refractivity contribution in [2.45, 2.75) is 6.92 Å². The molecule has 1 heterocycles. The molecule has 2 rings (SSSR count). The van der Waals surface area contributed by atoms with Crippen molar-refractivity contribution in [3.05, 3.63) is 30.0 Å². The summed E-state index contributed by atoms with van der Waals surface area (Å²) in [6.45, 7) is 2.09. The third kappa shape index (κ3) is 1.54. The van der Waals surface area contributed by atoms with E-state index in [2.05, 4.69) is 0 Å². The Labute approximate surface area is 86.6 Å². The smallest absolute Gasteiger partial charge is 0.342 e. The summed E-state index contributed by atoms with van der Waals surface area (Å²) in [6, 6.07) is 5.26. The van der Waals surface area contributed by atoms with Crippen molar-refractivity contribution < 1.29 is 13.9 Å². The van der Waals surface area contributed by atoms with Crippen LogP contribution in [0.1, 0.15) is 17.3 Å². The maximum absolute atomic E-state index is 11.5. The van der Waals surface area contributed by atoms with Gasteiger partial charge in [-0.05, 0) is 19.1 Å². The zero-order chi connectivity index (χ0) is 10.8. The molecule has 15 heavy (non-hydrogen) atoms. The van der Waals surface area contributed by atoms with E-state index in [0.29, 0.717) is 28.8 Å². The van der Waals surface area contributed by atoms with Crippen LogP contribution < -0.4 is 5.73 Å². The first-order valence-corrected chi connectivity index (χ1v) is 4.67. The van der Waals surface area contributed by atoms with E-state index in [9.17, 15) is 4.79 Å². The van der Waals surface area contributed by atoms with E-state index in [1.807, 2.05) is 0 Å². The Balaban J connectivity index is 2.57. The maximum atomic E-state index is 11.5. The summed E-state index contributed by atoms with van der Waals surface area (Å²) in [4.78, 5) is 11.5. The van der Waals surface area contributed by atoms with Gasteiger partial charge in [-0.1, -0.05) is 6.07 Å². The predicted octanol–water partition coefficient (Wildman–Crippen LogP) is 2.19. The zero-order valence-corrected chi connectivity index (χ0v) is 8.32. The number of carbonyl (C=O) groups excluding carboxylic acids is 1. The lowest BCUT2D eigenvalue weighted by molar-refractivity contribution is 0.0527. The molecular formula is C11H11NO3. The number of carbonyl (C=O) groups is 1. The molecular weight excluding hydrogens is 194 g/mol. The summed E-state index contributed by atoms with van der Waals surface area (Å²) >= 11 is 0. The Kier molecular flexibility index (Phi) is 2.33. The van der Waals surface area contributed by atoms with Crippen LogP contribution >= 0.6 is 0 Å². The van der Waals surface area contributed by atoms with Crippen molar-refractivity contribution in [1.82, 2.24) is 0 Å². The summed E-state index contributed by atoms with van der Waals surface area (Å²) in [5.41, 5.74) is 7.26. The number of nitrogens with two attached hydrogens (primary N) is 1. The summed E-state index contributed by atoms with van der Waals surface area (Å²) in [5, 5.41) is 0.621. The van der Waals surface area contributed by atoms with Gasteiger partial charge in [0.15, 0.2) is 0 Å². The van der Waals surface area contributed by atoms with Gasteiger partial charge in [0.2, 0.25) is 0 Å². The van der Waals surface area contributed by atoms with Gasteiger partial charge in [0, 0.05) is 5.69 Å². The molecule has 0 bridgehead atoms. The molecule has 0 saturated heterocycles. The molecule has 1 aromatic carbocycles. The van der Waals surface area contributed by atoms with Crippen molar-refractivity contribution in [3.8, 4) is 0 Å². The first kappa shape index (κ1) is 9.58. The van der Waals surface area contributed by atoms with Crippen molar-refractivity contribution in [2.24, 2.45) is 0 Å². The van der Waals surface area contributed by atoms with E-state index in [-0.39, 0.29) is 0 Å². The van der Waals surface area contributed by atoms with Gasteiger partial charge in [-0.25, -0.2) is 4.79 Å². The molecule has 0 radical (unpaired) electrons. The number of ether oxygens (including phenoxy) is 1. The van der Waals surface area contributed by atoms with Gasteiger partial charge >= 0.3 is 5.97 Å². The highest BCUT2D eigenvalue weighted by Crippen LogP contribution is 2.27. The number of fused-ring (bicyclic) bond motifs is 1. The zero-order valence-electron chi connectivity index (χ0n) is 8.32. The lowest BCUT2D eigenvalue weighted by atomic mass is 10.1. The normalized spacial score (nSPS) is 10.5. The molecule has 4 nitrogen and oxygen atoms in total. The molecule has 0 aliphatic rings. The third-order valence-corrected chi connectivity index (χ3v) is 2.13. The molecule has 0 spiro atoms. The molecule has 0 amide bonds. The quantitative estimate of drug-likeness (QED) is 0.602. The van der Waals surface area contributed by atoms with Gasteiger partial charge in [0.25, 0.3) is 0 Å². The van der Waals surface area contributed by atoms with E-state index in [1.165, 1.54) is 6.26 Å². The van der Waals surface area contributed by atoms with Gasteiger partial charge in [-0.15, -0.1) is 0 Å². The van der Waals surface area contributed by atoms with Crippen molar-refractivity contribution >= 4 is 22.6 Å². The standard InChI is InChI=1S/C11H11NO3/c1-2-14-11(13)7-6-15-9-5-3-4-8(12)10(7)9/h3-6H,2,12H2,1H3. The van der Waals surface area contributed by atoms with Crippen molar-refractivity contribution in [3.63, 3.8) is 0 Å². The Bertz CT molecular complexity index is 502. The number of furan rings is 1. The van der Waals surface area contributed by atoms with Crippen LogP contribution in [0.2, 0.25) is 0 Å². The van der Waals surface area contributed by atoms with Crippen LogP contribution in [0, 0.1) is 0 Å².